The molecule has 0 aromatic rings. The van der Waals surface area contributed by atoms with Gasteiger partial charge in [0, 0.05) is 10.8 Å². The first-order valence-corrected chi connectivity index (χ1v) is 4.58. The summed E-state index contributed by atoms with van der Waals surface area (Å²) in [5.74, 6) is 0.412. The smallest absolute Gasteiger partial charge is 0.144 e. The van der Waals surface area contributed by atoms with Gasteiger partial charge in [-0.15, -0.1) is 6.58 Å². The number of hydrogen-bond acceptors (Lipinski definition) is 1. The van der Waals surface area contributed by atoms with Gasteiger partial charge in [-0.05, 0) is 19.3 Å². The number of carbonyl (C=O) groups excluding carboxylic acids is 1. The van der Waals surface area contributed by atoms with Gasteiger partial charge in [-0.3, -0.25) is 4.79 Å². The van der Waals surface area contributed by atoms with Crippen molar-refractivity contribution in [3.05, 3.63) is 12.7 Å². The van der Waals surface area contributed by atoms with Gasteiger partial charge in [0.05, 0.1) is 0 Å². The fraction of sp³-hybridized carbons (Fsp3) is 0.727. The van der Waals surface area contributed by atoms with E-state index in [1.54, 1.807) is 0 Å². The van der Waals surface area contributed by atoms with Crippen LogP contribution in [0.3, 0.4) is 0 Å². The largest absolute Gasteiger partial charge is 0.298 e. The third-order valence-corrected chi connectivity index (χ3v) is 3.06. The molecule has 1 rings (SSSR count). The van der Waals surface area contributed by atoms with Crippen LogP contribution in [0, 0.1) is 10.8 Å². The summed E-state index contributed by atoms with van der Waals surface area (Å²) >= 11 is 0. The SMILES string of the molecule is C=CCC1(C)CCC(C)(C)C1=O. The Morgan fingerprint density at radius 1 is 1.42 bits per heavy atom. The zero-order chi connectivity index (χ0) is 9.41. The summed E-state index contributed by atoms with van der Waals surface area (Å²) in [5.41, 5.74) is -0.219. The summed E-state index contributed by atoms with van der Waals surface area (Å²) in [6, 6.07) is 0. The maximum Gasteiger partial charge on any atom is 0.144 e. The molecule has 68 valence electrons. The summed E-state index contributed by atoms with van der Waals surface area (Å²) < 4.78 is 0. The standard InChI is InChI=1S/C11H18O/c1-5-6-11(4)8-7-10(2,3)9(11)12/h5H,1,6-8H2,2-4H3. The maximum absolute atomic E-state index is 11.9. The van der Waals surface area contributed by atoms with Crippen LogP contribution < -0.4 is 0 Å². The molecule has 1 fully saturated rings. The van der Waals surface area contributed by atoms with Crippen molar-refractivity contribution in [3.63, 3.8) is 0 Å². The van der Waals surface area contributed by atoms with Gasteiger partial charge in [0.15, 0.2) is 0 Å². The molecule has 1 aliphatic rings. The normalized spacial score (nSPS) is 33.8. The molecule has 1 saturated carbocycles. The van der Waals surface area contributed by atoms with Crippen LogP contribution in [0.15, 0.2) is 12.7 Å². The highest BCUT2D eigenvalue weighted by Crippen LogP contribution is 2.47. The Morgan fingerprint density at radius 2 is 2.00 bits per heavy atom. The summed E-state index contributed by atoms with van der Waals surface area (Å²) in [6.45, 7) is 9.85. The molecule has 0 aromatic carbocycles. The van der Waals surface area contributed by atoms with Crippen molar-refractivity contribution in [2.45, 2.75) is 40.0 Å². The van der Waals surface area contributed by atoms with E-state index in [4.69, 9.17) is 0 Å². The van der Waals surface area contributed by atoms with E-state index in [1.807, 2.05) is 19.9 Å². The lowest BCUT2D eigenvalue weighted by molar-refractivity contribution is -0.131. The number of Topliss-reactive ketones (excluding diaryl/α,β-unsaturated/α-hetero) is 1. The molecule has 0 bridgehead atoms. The number of hydrogen-bond donors (Lipinski definition) is 0. The van der Waals surface area contributed by atoms with Crippen LogP contribution in [0.25, 0.3) is 0 Å². The van der Waals surface area contributed by atoms with Crippen molar-refractivity contribution < 1.29 is 4.79 Å². The number of rotatable bonds is 2. The molecule has 0 radical (unpaired) electrons. The van der Waals surface area contributed by atoms with Crippen molar-refractivity contribution in [1.29, 1.82) is 0 Å². The van der Waals surface area contributed by atoms with Gasteiger partial charge in [-0.1, -0.05) is 26.8 Å². The Bertz CT molecular complexity index is 215. The molecular weight excluding hydrogens is 148 g/mol. The molecule has 0 heterocycles. The predicted molar refractivity (Wildman–Crippen MR) is 50.9 cm³/mol. The summed E-state index contributed by atoms with van der Waals surface area (Å²) in [7, 11) is 0. The van der Waals surface area contributed by atoms with Gasteiger partial charge < -0.3 is 0 Å². The molecule has 1 nitrogen and oxygen atoms in total. The first kappa shape index (κ1) is 9.50. The van der Waals surface area contributed by atoms with Crippen LogP contribution in [-0.4, -0.2) is 5.78 Å². The van der Waals surface area contributed by atoms with Crippen LogP contribution in [0.1, 0.15) is 40.0 Å². The highest BCUT2D eigenvalue weighted by atomic mass is 16.1. The Hall–Kier alpha value is -0.590. The van der Waals surface area contributed by atoms with Crippen molar-refractivity contribution in [2.75, 3.05) is 0 Å². The fourth-order valence-electron chi connectivity index (χ4n) is 2.15. The second-order valence-corrected chi connectivity index (χ2v) is 4.77. The number of ketones is 1. The quantitative estimate of drug-likeness (QED) is 0.576. The highest BCUT2D eigenvalue weighted by molar-refractivity contribution is 5.91. The second kappa shape index (κ2) is 2.72. The minimum absolute atomic E-state index is 0.0994. The topological polar surface area (TPSA) is 17.1 Å². The van der Waals surface area contributed by atoms with Crippen molar-refractivity contribution in [1.82, 2.24) is 0 Å². The number of allylic oxidation sites excluding steroid dienone is 1. The monoisotopic (exact) mass is 166 g/mol. The molecule has 0 amide bonds. The van der Waals surface area contributed by atoms with Crippen molar-refractivity contribution in [3.8, 4) is 0 Å². The molecule has 0 aliphatic heterocycles. The minimum Gasteiger partial charge on any atom is -0.298 e. The van der Waals surface area contributed by atoms with E-state index in [-0.39, 0.29) is 10.8 Å². The Balaban J connectivity index is 2.85. The Morgan fingerprint density at radius 3 is 2.33 bits per heavy atom. The maximum atomic E-state index is 11.9. The summed E-state index contributed by atoms with van der Waals surface area (Å²) in [6.07, 6.45) is 4.73. The van der Waals surface area contributed by atoms with E-state index in [0.717, 1.165) is 19.3 Å². The first-order valence-electron chi connectivity index (χ1n) is 4.58. The first-order chi connectivity index (χ1) is 5.42. The zero-order valence-corrected chi connectivity index (χ0v) is 8.31. The summed E-state index contributed by atoms with van der Waals surface area (Å²) in [4.78, 5) is 11.9. The predicted octanol–water partition coefficient (Wildman–Crippen LogP) is 2.96. The lowest BCUT2D eigenvalue weighted by Gasteiger charge is -2.23. The second-order valence-electron chi connectivity index (χ2n) is 4.77. The van der Waals surface area contributed by atoms with Crippen molar-refractivity contribution in [2.24, 2.45) is 10.8 Å². The van der Waals surface area contributed by atoms with Crippen molar-refractivity contribution >= 4 is 5.78 Å². The molecule has 0 N–H and O–H groups in total. The number of carbonyl (C=O) groups is 1. The molecule has 1 aliphatic carbocycles. The average Bonchev–Trinajstić information content (AvgIpc) is 2.17. The van der Waals surface area contributed by atoms with Gasteiger partial charge >= 0.3 is 0 Å². The molecule has 1 heteroatoms. The Kier molecular flexibility index (Phi) is 2.15. The van der Waals surface area contributed by atoms with E-state index in [0.29, 0.717) is 5.78 Å². The third kappa shape index (κ3) is 1.33. The van der Waals surface area contributed by atoms with Gasteiger partial charge in [0.2, 0.25) is 0 Å². The van der Waals surface area contributed by atoms with Gasteiger partial charge in [-0.2, -0.15) is 0 Å². The van der Waals surface area contributed by atoms with Crippen LogP contribution in [0.5, 0.6) is 0 Å². The third-order valence-electron chi connectivity index (χ3n) is 3.06. The van der Waals surface area contributed by atoms with E-state index in [1.165, 1.54) is 0 Å². The van der Waals surface area contributed by atoms with Gasteiger partial charge in [0.1, 0.15) is 5.78 Å². The molecule has 0 spiro atoms. The molecule has 1 atom stereocenters. The molecule has 12 heavy (non-hydrogen) atoms. The van der Waals surface area contributed by atoms with Crippen LogP contribution in [-0.2, 0) is 4.79 Å². The Labute approximate surface area is 74.9 Å². The minimum atomic E-state index is -0.120. The summed E-state index contributed by atoms with van der Waals surface area (Å²) in [5, 5.41) is 0. The van der Waals surface area contributed by atoms with Gasteiger partial charge in [0.25, 0.3) is 0 Å². The van der Waals surface area contributed by atoms with Gasteiger partial charge in [-0.25, -0.2) is 0 Å². The van der Waals surface area contributed by atoms with Crippen LogP contribution in [0.2, 0.25) is 0 Å². The fourth-order valence-corrected chi connectivity index (χ4v) is 2.15. The average molecular weight is 166 g/mol. The van der Waals surface area contributed by atoms with E-state index in [2.05, 4.69) is 13.5 Å². The van der Waals surface area contributed by atoms with E-state index >= 15 is 0 Å². The lowest BCUT2D eigenvalue weighted by Crippen LogP contribution is -2.29. The lowest BCUT2D eigenvalue weighted by atomic mass is 9.79. The van der Waals surface area contributed by atoms with Crippen LogP contribution >= 0.6 is 0 Å². The molecule has 1 unspecified atom stereocenters. The van der Waals surface area contributed by atoms with E-state index in [9.17, 15) is 4.79 Å². The zero-order valence-electron chi connectivity index (χ0n) is 8.31. The molecule has 0 aromatic heterocycles. The van der Waals surface area contributed by atoms with Crippen LogP contribution in [0.4, 0.5) is 0 Å². The molecular formula is C11H18O. The molecule has 0 saturated heterocycles. The van der Waals surface area contributed by atoms with E-state index < -0.39 is 0 Å². The highest BCUT2D eigenvalue weighted by Gasteiger charge is 2.47.